The molecule has 0 aliphatic rings. The van der Waals surface area contributed by atoms with E-state index in [1.165, 1.54) is 12.1 Å². The molecule has 0 radical (unpaired) electrons. The van der Waals surface area contributed by atoms with Crippen LogP contribution in [0.4, 0.5) is 23.0 Å². The number of amides is 1. The van der Waals surface area contributed by atoms with Gasteiger partial charge in [0.1, 0.15) is 17.2 Å². The van der Waals surface area contributed by atoms with Crippen molar-refractivity contribution in [1.82, 2.24) is 4.98 Å². The zero-order chi connectivity index (χ0) is 19.1. The molecule has 2 aromatic rings. The van der Waals surface area contributed by atoms with Crippen molar-refractivity contribution in [2.75, 3.05) is 17.6 Å². The van der Waals surface area contributed by atoms with Crippen molar-refractivity contribution in [3.63, 3.8) is 0 Å². The highest BCUT2D eigenvalue weighted by Gasteiger charge is 2.10. The molecule has 7 N–H and O–H groups in total. The van der Waals surface area contributed by atoms with Crippen molar-refractivity contribution >= 4 is 34.9 Å². The minimum absolute atomic E-state index is 0.0626. The lowest BCUT2D eigenvalue weighted by atomic mass is 10.3. The largest absolute Gasteiger partial charge is 0.423 e. The van der Waals surface area contributed by atoms with Gasteiger partial charge in [-0.25, -0.2) is 4.98 Å². The van der Waals surface area contributed by atoms with E-state index in [0.717, 1.165) is 0 Å². The quantitative estimate of drug-likeness (QED) is 0.342. The summed E-state index contributed by atoms with van der Waals surface area (Å²) >= 11 is 0. The van der Waals surface area contributed by atoms with Crippen LogP contribution in [0.1, 0.15) is 6.92 Å². The minimum atomic E-state index is -0.676. The SMILES string of the molecule is C[C@H](N)C(=O)Nc1ccc(/N=N/c2ccccc2OC(=O)CN)c(N)n1. The summed E-state index contributed by atoms with van der Waals surface area (Å²) in [5.41, 5.74) is 17.1. The number of carbonyl (C=O) groups is 2. The molecular weight excluding hydrogens is 338 g/mol. The molecule has 10 nitrogen and oxygen atoms in total. The number of nitrogen functional groups attached to an aromatic ring is 1. The van der Waals surface area contributed by atoms with E-state index in [-0.39, 0.29) is 35.5 Å². The Morgan fingerprint density at radius 2 is 1.88 bits per heavy atom. The van der Waals surface area contributed by atoms with Crippen LogP contribution in [-0.2, 0) is 9.59 Å². The van der Waals surface area contributed by atoms with Gasteiger partial charge in [0.15, 0.2) is 11.6 Å². The fourth-order valence-electron chi connectivity index (χ4n) is 1.76. The number of para-hydroxylation sites is 1. The summed E-state index contributed by atoms with van der Waals surface area (Å²) in [5.74, 6) is -0.447. The summed E-state index contributed by atoms with van der Waals surface area (Å²) in [6.45, 7) is 1.30. The van der Waals surface area contributed by atoms with Crippen molar-refractivity contribution in [3.8, 4) is 5.75 Å². The van der Waals surface area contributed by atoms with Crippen molar-refractivity contribution < 1.29 is 14.3 Å². The van der Waals surface area contributed by atoms with Gasteiger partial charge in [-0.1, -0.05) is 12.1 Å². The molecule has 0 unspecified atom stereocenters. The standard InChI is InChI=1S/C16H19N7O3/c1-9(18)16(25)21-13-7-6-11(15(19)20-13)23-22-10-4-2-3-5-12(10)26-14(24)8-17/h2-7,9H,8,17-18H2,1H3,(H3,19,20,21,25)/b23-22+/t9-/m0/s1. The number of hydrogen-bond donors (Lipinski definition) is 4. The number of azo groups is 1. The number of carbonyl (C=O) groups excluding carboxylic acids is 2. The van der Waals surface area contributed by atoms with E-state index in [2.05, 4.69) is 20.5 Å². The topological polar surface area (TPSA) is 171 Å². The molecule has 2 rings (SSSR count). The van der Waals surface area contributed by atoms with Crippen LogP contribution < -0.4 is 27.3 Å². The lowest BCUT2D eigenvalue weighted by molar-refractivity contribution is -0.132. The highest BCUT2D eigenvalue weighted by atomic mass is 16.5. The van der Waals surface area contributed by atoms with Gasteiger partial charge in [0.05, 0.1) is 12.6 Å². The van der Waals surface area contributed by atoms with E-state index < -0.39 is 12.0 Å². The fourth-order valence-corrected chi connectivity index (χ4v) is 1.76. The van der Waals surface area contributed by atoms with Crippen LogP contribution in [0.3, 0.4) is 0 Å². The molecule has 1 atom stereocenters. The molecule has 0 fully saturated rings. The molecule has 1 heterocycles. The molecule has 0 saturated carbocycles. The first-order valence-electron chi connectivity index (χ1n) is 7.65. The number of nitrogens with two attached hydrogens (primary N) is 3. The van der Waals surface area contributed by atoms with Crippen LogP contribution in [0, 0.1) is 0 Å². The second-order valence-electron chi connectivity index (χ2n) is 5.22. The Morgan fingerprint density at radius 1 is 1.19 bits per heavy atom. The van der Waals surface area contributed by atoms with Gasteiger partial charge >= 0.3 is 5.97 Å². The molecule has 1 amide bonds. The summed E-state index contributed by atoms with van der Waals surface area (Å²) in [6.07, 6.45) is 0. The van der Waals surface area contributed by atoms with E-state index in [1.807, 2.05) is 0 Å². The maximum atomic E-state index is 11.6. The number of benzene rings is 1. The normalized spacial score (nSPS) is 12.0. The number of hydrogen-bond acceptors (Lipinski definition) is 9. The Balaban J connectivity index is 2.18. The van der Waals surface area contributed by atoms with Gasteiger partial charge in [-0.3, -0.25) is 9.59 Å². The van der Waals surface area contributed by atoms with Crippen molar-refractivity contribution in [1.29, 1.82) is 0 Å². The molecule has 0 bridgehead atoms. The Kier molecular flexibility index (Phi) is 6.31. The lowest BCUT2D eigenvalue weighted by Gasteiger charge is -2.08. The number of aromatic nitrogens is 1. The van der Waals surface area contributed by atoms with E-state index in [4.69, 9.17) is 21.9 Å². The van der Waals surface area contributed by atoms with Crippen molar-refractivity contribution in [2.45, 2.75) is 13.0 Å². The van der Waals surface area contributed by atoms with Gasteiger partial charge in [0.2, 0.25) is 5.91 Å². The summed E-state index contributed by atoms with van der Waals surface area (Å²) in [6, 6.07) is 8.96. The van der Waals surface area contributed by atoms with Gasteiger partial charge < -0.3 is 27.3 Å². The van der Waals surface area contributed by atoms with Crippen LogP contribution in [0.2, 0.25) is 0 Å². The first kappa shape index (κ1) is 19.0. The Bertz CT molecular complexity index is 836. The molecular formula is C16H19N7O3. The first-order chi connectivity index (χ1) is 12.4. The smallest absolute Gasteiger partial charge is 0.325 e. The molecule has 0 spiro atoms. The Morgan fingerprint density at radius 3 is 2.54 bits per heavy atom. The summed E-state index contributed by atoms with van der Waals surface area (Å²) in [7, 11) is 0. The van der Waals surface area contributed by atoms with E-state index in [9.17, 15) is 9.59 Å². The van der Waals surface area contributed by atoms with Gasteiger partial charge in [0, 0.05) is 0 Å². The second kappa shape index (κ2) is 8.65. The summed E-state index contributed by atoms with van der Waals surface area (Å²) in [5, 5.41) is 10.5. The molecule has 0 aliphatic carbocycles. The molecule has 1 aromatic carbocycles. The van der Waals surface area contributed by atoms with Crippen LogP contribution in [0.15, 0.2) is 46.6 Å². The third kappa shape index (κ3) is 5.06. The highest BCUT2D eigenvalue weighted by Crippen LogP contribution is 2.30. The molecule has 26 heavy (non-hydrogen) atoms. The van der Waals surface area contributed by atoms with E-state index >= 15 is 0 Å². The predicted molar refractivity (Wildman–Crippen MR) is 96.2 cm³/mol. The fraction of sp³-hybridized carbons (Fsp3) is 0.188. The molecule has 10 heteroatoms. The van der Waals surface area contributed by atoms with E-state index in [0.29, 0.717) is 5.69 Å². The second-order valence-corrected chi connectivity index (χ2v) is 5.22. The van der Waals surface area contributed by atoms with Crippen LogP contribution in [0.25, 0.3) is 0 Å². The number of nitrogens with zero attached hydrogens (tertiary/aromatic N) is 3. The lowest BCUT2D eigenvalue weighted by Crippen LogP contribution is -2.32. The number of anilines is 2. The van der Waals surface area contributed by atoms with Crippen LogP contribution >= 0.6 is 0 Å². The number of esters is 1. The maximum absolute atomic E-state index is 11.6. The number of nitrogens with one attached hydrogen (secondary N) is 1. The molecule has 0 saturated heterocycles. The summed E-state index contributed by atoms with van der Waals surface area (Å²) in [4.78, 5) is 26.9. The van der Waals surface area contributed by atoms with Crippen molar-refractivity contribution in [3.05, 3.63) is 36.4 Å². The first-order valence-corrected chi connectivity index (χ1v) is 7.65. The third-order valence-corrected chi connectivity index (χ3v) is 3.09. The van der Waals surface area contributed by atoms with E-state index in [1.54, 1.807) is 31.2 Å². The third-order valence-electron chi connectivity index (χ3n) is 3.09. The van der Waals surface area contributed by atoms with Crippen molar-refractivity contribution in [2.24, 2.45) is 21.7 Å². The zero-order valence-electron chi connectivity index (χ0n) is 14.0. The number of pyridine rings is 1. The number of ether oxygens (including phenoxy) is 1. The molecule has 0 aliphatic heterocycles. The van der Waals surface area contributed by atoms with Gasteiger partial charge in [-0.15, -0.1) is 10.2 Å². The molecule has 136 valence electrons. The molecule has 1 aromatic heterocycles. The Hall–Kier alpha value is -3.37. The number of rotatable bonds is 6. The average Bonchev–Trinajstić information content (AvgIpc) is 2.62. The van der Waals surface area contributed by atoms with Gasteiger partial charge in [-0.05, 0) is 31.2 Å². The van der Waals surface area contributed by atoms with Crippen LogP contribution in [-0.4, -0.2) is 29.4 Å². The highest BCUT2D eigenvalue weighted by molar-refractivity contribution is 5.93. The zero-order valence-corrected chi connectivity index (χ0v) is 14.0. The Labute approximate surface area is 149 Å². The van der Waals surface area contributed by atoms with Crippen LogP contribution in [0.5, 0.6) is 5.75 Å². The monoisotopic (exact) mass is 357 g/mol. The maximum Gasteiger partial charge on any atom is 0.325 e. The summed E-state index contributed by atoms with van der Waals surface area (Å²) < 4.78 is 5.07. The minimum Gasteiger partial charge on any atom is -0.423 e. The average molecular weight is 357 g/mol. The van der Waals surface area contributed by atoms with Gasteiger partial charge in [-0.2, -0.15) is 0 Å². The van der Waals surface area contributed by atoms with Gasteiger partial charge in [0.25, 0.3) is 0 Å². The predicted octanol–water partition coefficient (Wildman–Crippen LogP) is 1.23.